The predicted molar refractivity (Wildman–Crippen MR) is 90.7 cm³/mol. The molecule has 2 N–H and O–H groups in total. The summed E-state index contributed by atoms with van der Waals surface area (Å²) in [7, 11) is 0. The first-order valence-electron chi connectivity index (χ1n) is 8.48. The molecule has 26 heavy (non-hydrogen) atoms. The average molecular weight is 359 g/mol. The molecule has 0 bridgehead atoms. The Balaban J connectivity index is 1.48. The number of carbonyl (C=O) groups excluding carboxylic acids is 2. The van der Waals surface area contributed by atoms with E-state index < -0.39 is 11.5 Å². The van der Waals surface area contributed by atoms with E-state index in [1.54, 1.807) is 23.2 Å². The molecule has 2 aromatic rings. The molecular formula is C17H21N5O4. The van der Waals surface area contributed by atoms with Gasteiger partial charge in [0.15, 0.2) is 0 Å². The third-order valence-corrected chi connectivity index (χ3v) is 4.45. The highest BCUT2D eigenvalue weighted by Crippen LogP contribution is 2.22. The number of nitrogens with one attached hydrogen (secondary N) is 1. The third kappa shape index (κ3) is 4.05. The van der Waals surface area contributed by atoms with Crippen LogP contribution in [0.4, 0.5) is 0 Å². The molecule has 0 spiro atoms. The standard InChI is InChI=1S/C17H21N5O4/c1-12(23)22-10-6-17(25,7-11-22)16(24)19-9-5-14-20-15(21-26-14)13-4-2-3-8-18-13/h2-4,8,25H,5-7,9-11H2,1H3,(H,19,24). The Morgan fingerprint density at radius 1 is 1.35 bits per heavy atom. The van der Waals surface area contributed by atoms with Gasteiger partial charge < -0.3 is 19.8 Å². The van der Waals surface area contributed by atoms with Crippen molar-refractivity contribution < 1.29 is 19.2 Å². The van der Waals surface area contributed by atoms with Crippen LogP contribution >= 0.6 is 0 Å². The van der Waals surface area contributed by atoms with Gasteiger partial charge in [-0.05, 0) is 12.1 Å². The van der Waals surface area contributed by atoms with Crippen molar-refractivity contribution in [3.05, 3.63) is 30.3 Å². The van der Waals surface area contributed by atoms with Gasteiger partial charge in [0.25, 0.3) is 5.91 Å². The summed E-state index contributed by atoms with van der Waals surface area (Å²) in [6, 6.07) is 5.40. The predicted octanol–water partition coefficient (Wildman–Crippen LogP) is 0.164. The molecule has 1 aliphatic heterocycles. The van der Waals surface area contributed by atoms with Gasteiger partial charge in [-0.15, -0.1) is 0 Å². The quantitative estimate of drug-likeness (QED) is 0.780. The zero-order valence-electron chi connectivity index (χ0n) is 14.5. The largest absolute Gasteiger partial charge is 0.380 e. The Morgan fingerprint density at radius 2 is 2.12 bits per heavy atom. The van der Waals surface area contributed by atoms with Crippen molar-refractivity contribution >= 4 is 11.8 Å². The van der Waals surface area contributed by atoms with E-state index in [9.17, 15) is 14.7 Å². The van der Waals surface area contributed by atoms with E-state index in [4.69, 9.17) is 4.52 Å². The van der Waals surface area contributed by atoms with Gasteiger partial charge in [-0.2, -0.15) is 4.98 Å². The van der Waals surface area contributed by atoms with Crippen LogP contribution in [-0.2, 0) is 16.0 Å². The second-order valence-electron chi connectivity index (χ2n) is 6.27. The monoisotopic (exact) mass is 359 g/mol. The second kappa shape index (κ2) is 7.61. The van der Waals surface area contributed by atoms with E-state index >= 15 is 0 Å². The lowest BCUT2D eigenvalue weighted by molar-refractivity contribution is -0.148. The number of carbonyl (C=O) groups is 2. The number of hydrogen-bond donors (Lipinski definition) is 2. The number of aromatic nitrogens is 3. The first kappa shape index (κ1) is 18.0. The zero-order chi connectivity index (χ0) is 18.6. The van der Waals surface area contributed by atoms with Crippen molar-refractivity contribution in [1.29, 1.82) is 0 Å². The van der Waals surface area contributed by atoms with Crippen molar-refractivity contribution in [3.8, 4) is 11.5 Å². The normalized spacial score (nSPS) is 16.3. The molecule has 1 fully saturated rings. The summed E-state index contributed by atoms with van der Waals surface area (Å²) in [6.07, 6.45) is 2.44. The summed E-state index contributed by atoms with van der Waals surface area (Å²) in [5, 5.41) is 17.0. The molecule has 9 heteroatoms. The fraction of sp³-hybridized carbons (Fsp3) is 0.471. The van der Waals surface area contributed by atoms with Crippen LogP contribution in [0.1, 0.15) is 25.7 Å². The average Bonchev–Trinajstić information content (AvgIpc) is 3.11. The van der Waals surface area contributed by atoms with E-state index in [-0.39, 0.29) is 25.3 Å². The number of nitrogens with zero attached hydrogens (tertiary/aromatic N) is 4. The van der Waals surface area contributed by atoms with Crippen molar-refractivity contribution in [1.82, 2.24) is 25.3 Å². The fourth-order valence-corrected chi connectivity index (χ4v) is 2.82. The molecule has 0 unspecified atom stereocenters. The maximum absolute atomic E-state index is 12.3. The molecule has 3 rings (SSSR count). The molecule has 2 aromatic heterocycles. The van der Waals surface area contributed by atoms with Crippen LogP contribution in [0.3, 0.4) is 0 Å². The lowest BCUT2D eigenvalue weighted by Gasteiger charge is -2.36. The van der Waals surface area contributed by atoms with Gasteiger partial charge in [0.2, 0.25) is 17.6 Å². The van der Waals surface area contributed by atoms with Crippen LogP contribution < -0.4 is 5.32 Å². The number of likely N-dealkylation sites (tertiary alicyclic amines) is 1. The van der Waals surface area contributed by atoms with Crippen LogP contribution in [0, 0.1) is 0 Å². The maximum atomic E-state index is 12.3. The van der Waals surface area contributed by atoms with Crippen molar-refractivity contribution in [2.45, 2.75) is 31.8 Å². The highest BCUT2D eigenvalue weighted by atomic mass is 16.5. The summed E-state index contributed by atoms with van der Waals surface area (Å²) in [5.74, 6) is 0.282. The van der Waals surface area contributed by atoms with Gasteiger partial charge in [-0.3, -0.25) is 14.6 Å². The van der Waals surface area contributed by atoms with Crippen LogP contribution in [0.15, 0.2) is 28.9 Å². The highest BCUT2D eigenvalue weighted by molar-refractivity contribution is 5.85. The van der Waals surface area contributed by atoms with Gasteiger partial charge in [0, 0.05) is 52.0 Å². The third-order valence-electron chi connectivity index (χ3n) is 4.45. The maximum Gasteiger partial charge on any atom is 0.252 e. The smallest absolute Gasteiger partial charge is 0.252 e. The van der Waals surface area contributed by atoms with Gasteiger partial charge in [-0.1, -0.05) is 11.2 Å². The molecule has 0 saturated carbocycles. The molecule has 0 aliphatic carbocycles. The van der Waals surface area contributed by atoms with Crippen LogP contribution in [-0.4, -0.2) is 62.2 Å². The van der Waals surface area contributed by atoms with Gasteiger partial charge in [0.1, 0.15) is 11.3 Å². The Morgan fingerprint density at radius 3 is 2.77 bits per heavy atom. The van der Waals surface area contributed by atoms with Gasteiger partial charge >= 0.3 is 0 Å². The first-order valence-corrected chi connectivity index (χ1v) is 8.48. The van der Waals surface area contributed by atoms with Crippen molar-refractivity contribution in [2.75, 3.05) is 19.6 Å². The number of hydrogen-bond acceptors (Lipinski definition) is 7. The molecule has 9 nitrogen and oxygen atoms in total. The summed E-state index contributed by atoms with van der Waals surface area (Å²) < 4.78 is 5.15. The first-order chi connectivity index (χ1) is 12.5. The fourth-order valence-electron chi connectivity index (χ4n) is 2.82. The lowest BCUT2D eigenvalue weighted by atomic mass is 9.90. The molecule has 1 aliphatic rings. The van der Waals surface area contributed by atoms with Gasteiger partial charge in [-0.25, -0.2) is 0 Å². The van der Waals surface area contributed by atoms with E-state index in [1.165, 1.54) is 6.92 Å². The molecular weight excluding hydrogens is 338 g/mol. The number of amides is 2. The van der Waals surface area contributed by atoms with Crippen LogP contribution in [0.2, 0.25) is 0 Å². The van der Waals surface area contributed by atoms with Crippen LogP contribution in [0.5, 0.6) is 0 Å². The topological polar surface area (TPSA) is 121 Å². The van der Waals surface area contributed by atoms with E-state index in [1.807, 2.05) is 6.07 Å². The Kier molecular flexibility index (Phi) is 5.27. The van der Waals surface area contributed by atoms with E-state index in [2.05, 4.69) is 20.4 Å². The minimum absolute atomic E-state index is 0.0486. The van der Waals surface area contributed by atoms with Crippen molar-refractivity contribution in [3.63, 3.8) is 0 Å². The van der Waals surface area contributed by atoms with Gasteiger partial charge in [0.05, 0.1) is 0 Å². The van der Waals surface area contributed by atoms with E-state index in [0.717, 1.165) is 0 Å². The van der Waals surface area contributed by atoms with E-state index in [0.29, 0.717) is 36.9 Å². The summed E-state index contributed by atoms with van der Waals surface area (Å²) in [6.45, 7) is 2.49. The Bertz CT molecular complexity index is 768. The molecule has 0 aromatic carbocycles. The molecule has 2 amide bonds. The second-order valence-corrected chi connectivity index (χ2v) is 6.27. The lowest BCUT2D eigenvalue weighted by Crippen LogP contribution is -2.54. The van der Waals surface area contributed by atoms with Crippen molar-refractivity contribution in [2.24, 2.45) is 0 Å². The minimum Gasteiger partial charge on any atom is -0.380 e. The highest BCUT2D eigenvalue weighted by Gasteiger charge is 2.39. The summed E-state index contributed by atoms with van der Waals surface area (Å²) in [4.78, 5) is 33.6. The molecule has 138 valence electrons. The number of aliphatic hydroxyl groups is 1. The molecule has 3 heterocycles. The molecule has 0 radical (unpaired) electrons. The molecule has 1 saturated heterocycles. The summed E-state index contributed by atoms with van der Waals surface area (Å²) >= 11 is 0. The zero-order valence-corrected chi connectivity index (χ0v) is 14.5. The van der Waals surface area contributed by atoms with Crippen LogP contribution in [0.25, 0.3) is 11.5 Å². The number of pyridine rings is 1. The molecule has 0 atom stereocenters. The Labute approximate surface area is 150 Å². The SMILES string of the molecule is CC(=O)N1CCC(O)(C(=O)NCCc2nc(-c3ccccn3)no2)CC1. The Hall–Kier alpha value is -2.81. The summed E-state index contributed by atoms with van der Waals surface area (Å²) in [5.41, 5.74) is -0.835. The number of piperidine rings is 1. The minimum atomic E-state index is -1.44. The number of rotatable bonds is 5.